The number of aromatic nitrogens is 4. The Morgan fingerprint density at radius 2 is 2.00 bits per heavy atom. The number of rotatable bonds is 6. The molecule has 0 aliphatic heterocycles. The molecule has 0 atom stereocenters. The number of anilines is 2. The van der Waals surface area contributed by atoms with Crippen LogP contribution >= 0.6 is 11.3 Å². The van der Waals surface area contributed by atoms with Gasteiger partial charge in [-0.25, -0.2) is 4.98 Å². The summed E-state index contributed by atoms with van der Waals surface area (Å²) in [6, 6.07) is 0. The van der Waals surface area contributed by atoms with Crippen molar-refractivity contribution in [3.05, 3.63) is 22.4 Å². The van der Waals surface area contributed by atoms with Crippen LogP contribution in [0, 0.1) is 0 Å². The van der Waals surface area contributed by atoms with E-state index in [9.17, 15) is 0 Å². The molecule has 6 nitrogen and oxygen atoms in total. The second kappa shape index (κ2) is 6.42. The summed E-state index contributed by atoms with van der Waals surface area (Å²) < 4.78 is 0. The van der Waals surface area contributed by atoms with Gasteiger partial charge in [0, 0.05) is 31.7 Å². The van der Waals surface area contributed by atoms with Gasteiger partial charge in [0.15, 0.2) is 0 Å². The molecule has 0 aliphatic rings. The number of thiazole rings is 1. The van der Waals surface area contributed by atoms with Crippen molar-refractivity contribution >= 4 is 23.2 Å². The predicted octanol–water partition coefficient (Wildman–Crippen LogP) is 1.81. The lowest BCUT2D eigenvalue weighted by Gasteiger charge is -2.19. The van der Waals surface area contributed by atoms with Gasteiger partial charge in [-0.3, -0.25) is 0 Å². The zero-order valence-electron chi connectivity index (χ0n) is 11.4. The minimum atomic E-state index is 0.600. The summed E-state index contributed by atoms with van der Waals surface area (Å²) in [5.41, 5.74) is 0. The Bertz CT molecular complexity index is 509. The summed E-state index contributed by atoms with van der Waals surface area (Å²) in [6.07, 6.45) is 2.44. The summed E-state index contributed by atoms with van der Waals surface area (Å²) in [4.78, 5) is 19.7. The molecule has 0 radical (unpaired) electrons. The highest BCUT2D eigenvalue weighted by Gasteiger charge is 2.11. The van der Waals surface area contributed by atoms with Crippen molar-refractivity contribution in [2.45, 2.75) is 20.3 Å². The van der Waals surface area contributed by atoms with Crippen LogP contribution in [0.15, 0.2) is 11.6 Å². The largest absolute Gasteiger partial charge is 0.357 e. The molecular weight excluding hydrogens is 260 g/mol. The third-order valence-corrected chi connectivity index (χ3v) is 3.51. The van der Waals surface area contributed by atoms with E-state index in [1.807, 2.05) is 12.4 Å². The van der Waals surface area contributed by atoms with E-state index in [4.69, 9.17) is 0 Å². The number of hydrogen-bond acceptors (Lipinski definition) is 7. The van der Waals surface area contributed by atoms with E-state index >= 15 is 0 Å². The van der Waals surface area contributed by atoms with Gasteiger partial charge in [-0.05, 0) is 13.8 Å². The van der Waals surface area contributed by atoms with E-state index in [1.54, 1.807) is 17.5 Å². The molecular formula is C12H18N6S. The lowest BCUT2D eigenvalue weighted by molar-refractivity contribution is 0.794. The Kier molecular flexibility index (Phi) is 4.62. The highest BCUT2D eigenvalue weighted by Crippen LogP contribution is 2.14. The van der Waals surface area contributed by atoms with Crippen LogP contribution in [-0.4, -0.2) is 40.1 Å². The lowest BCUT2D eigenvalue weighted by atomic mass is 10.4. The van der Waals surface area contributed by atoms with E-state index in [2.05, 4.69) is 44.0 Å². The Morgan fingerprint density at radius 3 is 2.58 bits per heavy atom. The first-order valence-corrected chi connectivity index (χ1v) is 7.20. The highest BCUT2D eigenvalue weighted by atomic mass is 32.1. The fourth-order valence-corrected chi connectivity index (χ4v) is 2.33. The fraction of sp³-hybridized carbons (Fsp3) is 0.500. The fourth-order valence-electron chi connectivity index (χ4n) is 1.72. The van der Waals surface area contributed by atoms with Crippen molar-refractivity contribution in [2.75, 3.05) is 30.4 Å². The molecule has 7 heteroatoms. The van der Waals surface area contributed by atoms with Crippen LogP contribution in [0.5, 0.6) is 0 Å². The molecule has 0 saturated carbocycles. The van der Waals surface area contributed by atoms with Crippen LogP contribution in [0.4, 0.5) is 11.9 Å². The van der Waals surface area contributed by atoms with Gasteiger partial charge in [0.05, 0.1) is 6.42 Å². The molecule has 0 fully saturated rings. The second-order valence-electron chi connectivity index (χ2n) is 3.90. The summed E-state index contributed by atoms with van der Waals surface area (Å²) >= 11 is 1.61. The smallest absolute Gasteiger partial charge is 0.230 e. The second-order valence-corrected chi connectivity index (χ2v) is 4.88. The first kappa shape index (κ1) is 13.7. The molecule has 0 spiro atoms. The molecule has 2 heterocycles. The van der Waals surface area contributed by atoms with Crippen LogP contribution in [-0.2, 0) is 6.42 Å². The minimum absolute atomic E-state index is 0.600. The van der Waals surface area contributed by atoms with Gasteiger partial charge in [0.2, 0.25) is 11.9 Å². The summed E-state index contributed by atoms with van der Waals surface area (Å²) in [7, 11) is 1.81. The van der Waals surface area contributed by atoms with Crippen molar-refractivity contribution in [3.8, 4) is 0 Å². The van der Waals surface area contributed by atoms with Gasteiger partial charge in [0.25, 0.3) is 0 Å². The van der Waals surface area contributed by atoms with Crippen LogP contribution in [0.1, 0.15) is 24.7 Å². The number of hydrogen-bond donors (Lipinski definition) is 1. The molecule has 0 bridgehead atoms. The van der Waals surface area contributed by atoms with E-state index in [-0.39, 0.29) is 0 Å². The lowest BCUT2D eigenvalue weighted by Crippen LogP contribution is -2.25. The summed E-state index contributed by atoms with van der Waals surface area (Å²) in [6.45, 7) is 5.93. The number of nitrogens with one attached hydrogen (secondary N) is 1. The van der Waals surface area contributed by atoms with Gasteiger partial charge in [-0.15, -0.1) is 11.3 Å². The van der Waals surface area contributed by atoms with Crippen molar-refractivity contribution in [1.82, 2.24) is 19.9 Å². The van der Waals surface area contributed by atoms with Crippen molar-refractivity contribution in [2.24, 2.45) is 0 Å². The molecule has 0 saturated heterocycles. The molecule has 0 amide bonds. The molecule has 0 unspecified atom stereocenters. The standard InChI is InChI=1S/C12H18N6S/c1-4-18(5-2)12-16-9(15-11(13-3)17-12)8-10-14-6-7-19-10/h6-7H,4-5,8H2,1-3H3,(H,13,15,16,17). The Labute approximate surface area is 117 Å². The zero-order chi connectivity index (χ0) is 13.7. The molecule has 2 rings (SSSR count). The number of nitrogens with zero attached hydrogens (tertiary/aromatic N) is 5. The third-order valence-electron chi connectivity index (χ3n) is 2.73. The van der Waals surface area contributed by atoms with Crippen molar-refractivity contribution < 1.29 is 0 Å². The van der Waals surface area contributed by atoms with Crippen molar-refractivity contribution in [3.63, 3.8) is 0 Å². The maximum Gasteiger partial charge on any atom is 0.230 e. The van der Waals surface area contributed by atoms with Gasteiger partial charge in [-0.2, -0.15) is 15.0 Å². The molecule has 102 valence electrons. The van der Waals surface area contributed by atoms with Crippen LogP contribution < -0.4 is 10.2 Å². The Balaban J connectivity index is 2.30. The Hall–Kier alpha value is -1.76. The summed E-state index contributed by atoms with van der Waals surface area (Å²) in [5.74, 6) is 2.07. The zero-order valence-corrected chi connectivity index (χ0v) is 12.2. The predicted molar refractivity (Wildman–Crippen MR) is 77.9 cm³/mol. The maximum absolute atomic E-state index is 4.53. The first-order chi connectivity index (χ1) is 9.26. The van der Waals surface area contributed by atoms with E-state index in [0.29, 0.717) is 12.4 Å². The summed E-state index contributed by atoms with van der Waals surface area (Å²) in [5, 5.41) is 5.96. The molecule has 1 N–H and O–H groups in total. The molecule has 2 aromatic rings. The monoisotopic (exact) mass is 278 g/mol. The third kappa shape index (κ3) is 3.37. The SMILES string of the molecule is CCN(CC)c1nc(Cc2nccs2)nc(NC)n1. The van der Waals surface area contributed by atoms with E-state index < -0.39 is 0 Å². The molecule has 0 aromatic carbocycles. The normalized spacial score (nSPS) is 10.5. The van der Waals surface area contributed by atoms with Crippen LogP contribution in [0.3, 0.4) is 0 Å². The highest BCUT2D eigenvalue weighted by molar-refractivity contribution is 7.09. The van der Waals surface area contributed by atoms with Crippen molar-refractivity contribution in [1.29, 1.82) is 0 Å². The van der Waals surface area contributed by atoms with Crippen LogP contribution in [0.2, 0.25) is 0 Å². The van der Waals surface area contributed by atoms with E-state index in [1.165, 1.54) is 0 Å². The van der Waals surface area contributed by atoms with Gasteiger partial charge in [-0.1, -0.05) is 0 Å². The minimum Gasteiger partial charge on any atom is -0.357 e. The van der Waals surface area contributed by atoms with Gasteiger partial charge in [0.1, 0.15) is 10.8 Å². The quantitative estimate of drug-likeness (QED) is 0.869. The first-order valence-electron chi connectivity index (χ1n) is 6.32. The average molecular weight is 278 g/mol. The molecule has 2 aromatic heterocycles. The topological polar surface area (TPSA) is 66.8 Å². The molecule has 19 heavy (non-hydrogen) atoms. The van der Waals surface area contributed by atoms with Crippen LogP contribution in [0.25, 0.3) is 0 Å². The maximum atomic E-state index is 4.53. The van der Waals surface area contributed by atoms with E-state index in [0.717, 1.165) is 29.9 Å². The van der Waals surface area contributed by atoms with Gasteiger partial charge < -0.3 is 10.2 Å². The van der Waals surface area contributed by atoms with Gasteiger partial charge >= 0.3 is 0 Å². The Morgan fingerprint density at radius 1 is 1.21 bits per heavy atom. The molecule has 0 aliphatic carbocycles. The average Bonchev–Trinajstić information content (AvgIpc) is 2.93.